The van der Waals surface area contributed by atoms with Crippen molar-refractivity contribution in [2.24, 2.45) is 46.3 Å². The summed E-state index contributed by atoms with van der Waals surface area (Å²) in [5.41, 5.74) is 3.66. The Hall–Kier alpha value is -3.13. The molecule has 11 atom stereocenters. The Labute approximate surface area is 302 Å². The molecule has 11 unspecified atom stereocenters. The molecule has 2 saturated heterocycles. The SMILES string of the molecule is CC1CCC2(OC1)OC1CC3C4CCC5CC(O)CCC5(C)C4=CCC3(C)C1C2C.COc1cccc(-c2cc(=O)c3ccc(OC)cc3o2)c1. The van der Waals surface area contributed by atoms with Crippen molar-refractivity contribution in [2.45, 2.75) is 103 Å². The van der Waals surface area contributed by atoms with Crippen molar-refractivity contribution in [3.05, 3.63) is 70.4 Å². The molecule has 5 fully saturated rings. The van der Waals surface area contributed by atoms with E-state index in [0.717, 1.165) is 43.3 Å². The number of ether oxygens (including phenoxy) is 4. The Morgan fingerprint density at radius 2 is 1.71 bits per heavy atom. The van der Waals surface area contributed by atoms with Crippen molar-refractivity contribution in [3.8, 4) is 22.8 Å². The van der Waals surface area contributed by atoms with Gasteiger partial charge in [-0.05, 0) is 116 Å². The third-order valence-electron chi connectivity index (χ3n) is 14.6. The minimum Gasteiger partial charge on any atom is -0.497 e. The number of methoxy groups -OCH3 is 2. The smallest absolute Gasteiger partial charge is 0.193 e. The van der Waals surface area contributed by atoms with Gasteiger partial charge >= 0.3 is 0 Å². The Morgan fingerprint density at radius 3 is 2.47 bits per heavy atom. The van der Waals surface area contributed by atoms with Gasteiger partial charge < -0.3 is 28.5 Å². The Morgan fingerprint density at radius 1 is 0.902 bits per heavy atom. The lowest BCUT2D eigenvalue weighted by Gasteiger charge is -2.57. The van der Waals surface area contributed by atoms with Gasteiger partial charge in [-0.1, -0.05) is 51.5 Å². The zero-order chi connectivity index (χ0) is 35.7. The summed E-state index contributed by atoms with van der Waals surface area (Å²) in [7, 11) is 3.17. The van der Waals surface area contributed by atoms with Gasteiger partial charge in [0.1, 0.15) is 22.8 Å². The second-order valence-corrected chi connectivity index (χ2v) is 17.2. The van der Waals surface area contributed by atoms with Crippen LogP contribution >= 0.6 is 0 Å². The van der Waals surface area contributed by atoms with Gasteiger partial charge in [0.25, 0.3) is 0 Å². The molecule has 4 aliphatic carbocycles. The topological polar surface area (TPSA) is 87.4 Å². The number of hydrogen-bond acceptors (Lipinski definition) is 7. The lowest BCUT2D eigenvalue weighted by molar-refractivity contribution is -0.272. The van der Waals surface area contributed by atoms with Crippen LogP contribution in [0.1, 0.15) is 85.5 Å². The number of aliphatic hydroxyl groups is 1. The van der Waals surface area contributed by atoms with Gasteiger partial charge in [0.2, 0.25) is 0 Å². The van der Waals surface area contributed by atoms with E-state index in [0.29, 0.717) is 68.8 Å². The third kappa shape index (κ3) is 5.77. The van der Waals surface area contributed by atoms with E-state index in [9.17, 15) is 9.90 Å². The van der Waals surface area contributed by atoms with Crippen molar-refractivity contribution in [1.29, 1.82) is 0 Å². The molecule has 7 heteroatoms. The third-order valence-corrected chi connectivity index (χ3v) is 14.6. The van der Waals surface area contributed by atoms with E-state index in [4.69, 9.17) is 23.4 Å². The van der Waals surface area contributed by atoms with E-state index in [2.05, 4.69) is 33.8 Å². The van der Waals surface area contributed by atoms with Crippen LogP contribution in [-0.2, 0) is 9.47 Å². The molecular weight excluding hydrogens is 640 g/mol. The van der Waals surface area contributed by atoms with Crippen molar-refractivity contribution in [3.63, 3.8) is 0 Å². The van der Waals surface area contributed by atoms with E-state index in [1.165, 1.54) is 44.6 Å². The van der Waals surface area contributed by atoms with Gasteiger partial charge in [0.15, 0.2) is 11.2 Å². The summed E-state index contributed by atoms with van der Waals surface area (Å²) < 4.78 is 29.5. The zero-order valence-electron chi connectivity index (χ0n) is 31.3. The van der Waals surface area contributed by atoms with Crippen molar-refractivity contribution >= 4 is 11.0 Å². The first-order valence-corrected chi connectivity index (χ1v) is 19.4. The number of allylic oxidation sites excluding steroid dienone is 2. The van der Waals surface area contributed by atoms with Crippen LogP contribution in [0.3, 0.4) is 0 Å². The quantitative estimate of drug-likeness (QED) is 0.273. The fraction of sp³-hybridized carbons (Fsp3) is 0.614. The number of aliphatic hydroxyl groups excluding tert-OH is 1. The Bertz CT molecular complexity index is 1850. The molecule has 7 nitrogen and oxygen atoms in total. The zero-order valence-corrected chi connectivity index (χ0v) is 31.3. The van der Waals surface area contributed by atoms with Crippen molar-refractivity contribution in [1.82, 2.24) is 0 Å². The molecule has 51 heavy (non-hydrogen) atoms. The van der Waals surface area contributed by atoms with Gasteiger partial charge in [-0.25, -0.2) is 0 Å². The Balaban J connectivity index is 0.000000157. The van der Waals surface area contributed by atoms with Crippen LogP contribution in [0, 0.1) is 46.3 Å². The molecule has 3 aromatic rings. The molecular formula is C44H56O7. The predicted molar refractivity (Wildman–Crippen MR) is 199 cm³/mol. The molecule has 2 aliphatic heterocycles. The first kappa shape index (κ1) is 34.9. The molecule has 1 N–H and O–H groups in total. The predicted octanol–water partition coefficient (Wildman–Crippen LogP) is 9.19. The summed E-state index contributed by atoms with van der Waals surface area (Å²) in [6.07, 6.45) is 13.6. The van der Waals surface area contributed by atoms with E-state index in [1.54, 1.807) is 38.0 Å². The number of hydrogen-bond donors (Lipinski definition) is 1. The second-order valence-electron chi connectivity index (χ2n) is 17.2. The highest BCUT2D eigenvalue weighted by Gasteiger charge is 2.67. The summed E-state index contributed by atoms with van der Waals surface area (Å²) in [5.74, 6) is 5.54. The minimum absolute atomic E-state index is 0.0661. The van der Waals surface area contributed by atoms with Gasteiger partial charge in [-0.2, -0.15) is 0 Å². The number of rotatable bonds is 3. The average Bonchev–Trinajstić information content (AvgIpc) is 3.58. The maximum atomic E-state index is 12.2. The maximum Gasteiger partial charge on any atom is 0.193 e. The lowest BCUT2D eigenvalue weighted by atomic mass is 9.48. The van der Waals surface area contributed by atoms with Crippen LogP contribution in [0.15, 0.2) is 69.4 Å². The monoisotopic (exact) mass is 696 g/mol. The summed E-state index contributed by atoms with van der Waals surface area (Å²) in [5, 5.41) is 10.8. The highest BCUT2D eigenvalue weighted by molar-refractivity contribution is 5.80. The standard InChI is InChI=1S/C27H42O3.C17H14O4/c1-16-7-12-27(29-15-16)17(2)24-23(30-27)14-22-20-6-5-18-13-19(28)8-10-25(18,3)21(20)9-11-26(22,24)4;1-19-12-5-3-4-11(8-12)16-10-15(18)14-7-6-13(20-2)9-17(14)21-16/h9,16-20,22-24,28H,5-8,10-15H2,1-4H3;3-10H,1-2H3. The summed E-state index contributed by atoms with van der Waals surface area (Å²) in [4.78, 5) is 12.2. The molecule has 2 aromatic carbocycles. The molecule has 1 spiro atoms. The Kier molecular flexibility index (Phi) is 8.95. The second kappa shape index (κ2) is 13.1. The summed E-state index contributed by atoms with van der Waals surface area (Å²) in [6.45, 7) is 10.7. The van der Waals surface area contributed by atoms with Crippen LogP contribution in [-0.4, -0.2) is 43.9 Å². The van der Waals surface area contributed by atoms with Crippen LogP contribution in [0.25, 0.3) is 22.3 Å². The molecule has 9 rings (SSSR count). The molecule has 0 amide bonds. The van der Waals surface area contributed by atoms with E-state index >= 15 is 0 Å². The molecule has 6 aliphatic rings. The van der Waals surface area contributed by atoms with Crippen LogP contribution in [0.2, 0.25) is 0 Å². The first-order chi connectivity index (χ1) is 24.5. The lowest BCUT2D eigenvalue weighted by Crippen LogP contribution is -2.50. The largest absolute Gasteiger partial charge is 0.497 e. The van der Waals surface area contributed by atoms with Crippen molar-refractivity contribution < 1.29 is 28.5 Å². The van der Waals surface area contributed by atoms with E-state index < -0.39 is 0 Å². The van der Waals surface area contributed by atoms with Gasteiger partial charge in [-0.3, -0.25) is 4.79 Å². The van der Waals surface area contributed by atoms with E-state index in [-0.39, 0.29) is 17.3 Å². The van der Waals surface area contributed by atoms with Gasteiger partial charge in [0.05, 0.1) is 38.4 Å². The van der Waals surface area contributed by atoms with Crippen LogP contribution < -0.4 is 14.9 Å². The number of fused-ring (bicyclic) bond motifs is 8. The number of benzene rings is 2. The van der Waals surface area contributed by atoms with Crippen LogP contribution in [0.5, 0.6) is 11.5 Å². The fourth-order valence-corrected chi connectivity index (χ4v) is 11.7. The summed E-state index contributed by atoms with van der Waals surface area (Å²) >= 11 is 0. The first-order valence-electron chi connectivity index (χ1n) is 19.4. The van der Waals surface area contributed by atoms with Crippen LogP contribution in [0.4, 0.5) is 0 Å². The molecule has 0 bridgehead atoms. The molecule has 1 aromatic heterocycles. The van der Waals surface area contributed by atoms with Gasteiger partial charge in [-0.15, -0.1) is 0 Å². The molecule has 0 radical (unpaired) electrons. The average molecular weight is 697 g/mol. The molecule has 3 saturated carbocycles. The fourth-order valence-electron chi connectivity index (χ4n) is 11.7. The maximum absolute atomic E-state index is 12.2. The van der Waals surface area contributed by atoms with E-state index in [1.807, 2.05) is 24.3 Å². The van der Waals surface area contributed by atoms with Gasteiger partial charge in [0, 0.05) is 30.0 Å². The van der Waals surface area contributed by atoms with Crippen molar-refractivity contribution in [2.75, 3.05) is 20.8 Å². The molecule has 274 valence electrons. The molecule has 3 heterocycles. The minimum atomic E-state index is -0.303. The highest BCUT2D eigenvalue weighted by atomic mass is 16.7. The summed E-state index contributed by atoms with van der Waals surface area (Å²) in [6, 6.07) is 14.0. The highest BCUT2D eigenvalue weighted by Crippen LogP contribution is 2.69. The normalized spacial score (nSPS) is 39.5.